The van der Waals surface area contributed by atoms with E-state index >= 15 is 0 Å². The Bertz CT molecular complexity index is 370. The minimum absolute atomic E-state index is 0.375. The molecule has 0 aliphatic rings. The number of thiophene rings is 1. The fraction of sp³-hybridized carbons (Fsp3) is 0.583. The molecule has 0 radical (unpaired) electrons. The fourth-order valence-electron chi connectivity index (χ4n) is 1.57. The van der Waals surface area contributed by atoms with Crippen LogP contribution in [0.25, 0.3) is 0 Å². The molecule has 0 aromatic carbocycles. The molecule has 1 aromatic rings. The van der Waals surface area contributed by atoms with Gasteiger partial charge in [0.05, 0.1) is 0 Å². The summed E-state index contributed by atoms with van der Waals surface area (Å²) in [7, 11) is 0. The number of hydrogen-bond donors (Lipinski definition) is 2. The van der Waals surface area contributed by atoms with Gasteiger partial charge in [-0.2, -0.15) is 0 Å². The first kappa shape index (κ1) is 14.7. The molecule has 1 aromatic heterocycles. The maximum absolute atomic E-state index is 11.1. The number of aryl methyl sites for hydroxylation is 1. The van der Waals surface area contributed by atoms with Gasteiger partial charge < -0.3 is 5.11 Å². The van der Waals surface area contributed by atoms with Gasteiger partial charge >= 0.3 is 5.97 Å². The van der Waals surface area contributed by atoms with E-state index in [1.165, 1.54) is 4.88 Å². The van der Waals surface area contributed by atoms with Crippen molar-refractivity contribution in [2.75, 3.05) is 0 Å². The maximum Gasteiger partial charge on any atom is 0.320 e. The lowest BCUT2D eigenvalue weighted by atomic mass is 10.0. The number of aliphatic carboxylic acids is 1. The Kier molecular flexibility index (Phi) is 5.62. The summed E-state index contributed by atoms with van der Waals surface area (Å²) in [5.41, 5.74) is 0. The molecule has 0 spiro atoms. The predicted molar refractivity (Wildman–Crippen MR) is 74.5 cm³/mol. The van der Waals surface area contributed by atoms with Crippen LogP contribution < -0.4 is 5.32 Å². The Morgan fingerprint density at radius 1 is 1.59 bits per heavy atom. The van der Waals surface area contributed by atoms with Gasteiger partial charge in [0.25, 0.3) is 0 Å². The van der Waals surface area contributed by atoms with Crippen LogP contribution in [0.15, 0.2) is 10.5 Å². The Balaban J connectivity index is 2.54. The first-order valence-electron chi connectivity index (χ1n) is 5.61. The Morgan fingerprint density at radius 2 is 2.24 bits per heavy atom. The topological polar surface area (TPSA) is 49.3 Å². The van der Waals surface area contributed by atoms with Gasteiger partial charge in [-0.15, -0.1) is 11.3 Å². The second-order valence-corrected chi connectivity index (χ2v) is 6.71. The second-order valence-electron chi connectivity index (χ2n) is 4.52. The summed E-state index contributed by atoms with van der Waals surface area (Å²) in [4.78, 5) is 13.4. The average Bonchev–Trinajstić information content (AvgIpc) is 2.52. The summed E-state index contributed by atoms with van der Waals surface area (Å²) < 4.78 is 1.09. The van der Waals surface area contributed by atoms with Gasteiger partial charge in [0.1, 0.15) is 6.04 Å². The van der Waals surface area contributed by atoms with Crippen molar-refractivity contribution in [1.29, 1.82) is 0 Å². The molecule has 0 amide bonds. The van der Waals surface area contributed by atoms with Crippen molar-refractivity contribution < 1.29 is 9.90 Å². The van der Waals surface area contributed by atoms with Gasteiger partial charge in [-0.3, -0.25) is 10.1 Å². The molecule has 96 valence electrons. The zero-order valence-electron chi connectivity index (χ0n) is 10.3. The largest absolute Gasteiger partial charge is 0.480 e. The molecule has 5 heteroatoms. The van der Waals surface area contributed by atoms with E-state index in [0.29, 0.717) is 18.9 Å². The molecule has 0 saturated heterocycles. The van der Waals surface area contributed by atoms with Crippen molar-refractivity contribution in [2.24, 2.45) is 5.92 Å². The van der Waals surface area contributed by atoms with Crippen LogP contribution in [0.2, 0.25) is 0 Å². The fourth-order valence-corrected chi connectivity index (χ4v) is 3.12. The molecule has 2 N–H and O–H groups in total. The second kappa shape index (κ2) is 6.52. The molecule has 1 rings (SSSR count). The average molecular weight is 320 g/mol. The number of carbonyl (C=O) groups is 1. The first-order chi connectivity index (χ1) is 7.90. The number of carboxylic acid groups (broad SMARTS) is 1. The monoisotopic (exact) mass is 319 g/mol. The van der Waals surface area contributed by atoms with E-state index in [-0.39, 0.29) is 0 Å². The molecule has 0 saturated carbocycles. The molecular formula is C12H18BrNO2S. The van der Waals surface area contributed by atoms with Crippen LogP contribution in [0.1, 0.15) is 30.0 Å². The number of rotatable bonds is 6. The predicted octanol–water partition coefficient (Wildman–Crippen LogP) is 3.41. The summed E-state index contributed by atoms with van der Waals surface area (Å²) >= 11 is 5.14. The molecule has 0 aliphatic heterocycles. The Morgan fingerprint density at radius 3 is 2.65 bits per heavy atom. The van der Waals surface area contributed by atoms with Crippen LogP contribution in [0.4, 0.5) is 0 Å². The summed E-state index contributed by atoms with van der Waals surface area (Å²) in [6, 6.07) is 1.58. The van der Waals surface area contributed by atoms with Crippen LogP contribution in [0, 0.1) is 12.8 Å². The summed E-state index contributed by atoms with van der Waals surface area (Å²) in [5, 5.41) is 12.2. The van der Waals surface area contributed by atoms with E-state index in [1.54, 1.807) is 11.3 Å². The molecule has 1 heterocycles. The molecule has 0 aliphatic carbocycles. The molecule has 0 bridgehead atoms. The molecular weight excluding hydrogens is 302 g/mol. The van der Waals surface area contributed by atoms with E-state index in [4.69, 9.17) is 5.11 Å². The summed E-state index contributed by atoms with van der Waals surface area (Å²) in [6.45, 7) is 6.72. The molecule has 1 atom stereocenters. The highest BCUT2D eigenvalue weighted by Gasteiger charge is 2.18. The van der Waals surface area contributed by atoms with E-state index in [0.717, 1.165) is 9.35 Å². The van der Waals surface area contributed by atoms with Crippen molar-refractivity contribution in [3.63, 3.8) is 0 Å². The van der Waals surface area contributed by atoms with Gasteiger partial charge in [0.15, 0.2) is 0 Å². The summed E-state index contributed by atoms with van der Waals surface area (Å²) in [6.07, 6.45) is 0.654. The van der Waals surface area contributed by atoms with Crippen LogP contribution in [0.5, 0.6) is 0 Å². The molecule has 17 heavy (non-hydrogen) atoms. The van der Waals surface area contributed by atoms with Crippen LogP contribution in [0.3, 0.4) is 0 Å². The van der Waals surface area contributed by atoms with Crippen molar-refractivity contribution in [3.8, 4) is 0 Å². The lowest BCUT2D eigenvalue weighted by molar-refractivity contribution is -0.139. The number of carboxylic acids is 1. The van der Waals surface area contributed by atoms with Gasteiger partial charge in [-0.05, 0) is 41.3 Å². The Hall–Kier alpha value is -0.390. The third kappa shape index (κ3) is 4.77. The molecule has 0 fully saturated rings. The van der Waals surface area contributed by atoms with E-state index in [2.05, 4.69) is 21.2 Å². The van der Waals surface area contributed by atoms with Gasteiger partial charge in [0, 0.05) is 20.8 Å². The standard InChI is InChI=1S/C12H18BrNO2S/c1-7(2)4-11(12(15)16)14-6-9-5-10(13)8(3)17-9/h5,7,11,14H,4,6H2,1-3H3,(H,15,16). The van der Waals surface area contributed by atoms with E-state index in [9.17, 15) is 4.79 Å². The van der Waals surface area contributed by atoms with Crippen LogP contribution in [-0.2, 0) is 11.3 Å². The van der Waals surface area contributed by atoms with Gasteiger partial charge in [0.2, 0.25) is 0 Å². The quantitative estimate of drug-likeness (QED) is 0.844. The smallest absolute Gasteiger partial charge is 0.320 e. The normalized spacial score (nSPS) is 13.0. The first-order valence-corrected chi connectivity index (χ1v) is 7.22. The number of nitrogens with one attached hydrogen (secondary N) is 1. The SMILES string of the molecule is Cc1sc(CNC(CC(C)C)C(=O)O)cc1Br. The zero-order valence-corrected chi connectivity index (χ0v) is 12.7. The molecule has 3 nitrogen and oxygen atoms in total. The highest BCUT2D eigenvalue weighted by molar-refractivity contribution is 9.10. The van der Waals surface area contributed by atoms with Crippen LogP contribution in [-0.4, -0.2) is 17.1 Å². The van der Waals surface area contributed by atoms with Crippen molar-refractivity contribution >= 4 is 33.2 Å². The third-order valence-corrected chi connectivity index (χ3v) is 4.57. The van der Waals surface area contributed by atoms with E-state index in [1.807, 2.05) is 26.8 Å². The number of hydrogen-bond acceptors (Lipinski definition) is 3. The lowest BCUT2D eigenvalue weighted by Gasteiger charge is -2.15. The van der Waals surface area contributed by atoms with Crippen molar-refractivity contribution in [3.05, 3.63) is 20.3 Å². The van der Waals surface area contributed by atoms with Gasteiger partial charge in [-0.25, -0.2) is 0 Å². The molecule has 1 unspecified atom stereocenters. The minimum atomic E-state index is -0.772. The highest BCUT2D eigenvalue weighted by atomic mass is 79.9. The maximum atomic E-state index is 11.1. The minimum Gasteiger partial charge on any atom is -0.480 e. The van der Waals surface area contributed by atoms with E-state index < -0.39 is 12.0 Å². The van der Waals surface area contributed by atoms with Crippen molar-refractivity contribution in [1.82, 2.24) is 5.32 Å². The zero-order chi connectivity index (χ0) is 13.0. The third-order valence-electron chi connectivity index (χ3n) is 2.44. The highest BCUT2D eigenvalue weighted by Crippen LogP contribution is 2.26. The van der Waals surface area contributed by atoms with Gasteiger partial charge in [-0.1, -0.05) is 13.8 Å². The van der Waals surface area contributed by atoms with Crippen LogP contribution >= 0.6 is 27.3 Å². The van der Waals surface area contributed by atoms with Crippen molar-refractivity contribution in [2.45, 2.75) is 39.8 Å². The Labute approximate surface area is 114 Å². The summed E-state index contributed by atoms with van der Waals surface area (Å²) in [5.74, 6) is -0.397. The lowest BCUT2D eigenvalue weighted by Crippen LogP contribution is -2.37. The number of halogens is 1.